The highest BCUT2D eigenvalue weighted by Gasteiger charge is 2.32. The van der Waals surface area contributed by atoms with E-state index in [1.165, 1.54) is 0 Å². The van der Waals surface area contributed by atoms with Gasteiger partial charge in [0.15, 0.2) is 11.5 Å². The molecular formula is C18H24N2O5S. The number of amides is 2. The summed E-state index contributed by atoms with van der Waals surface area (Å²) in [6.45, 7) is 4.38. The zero-order valence-corrected chi connectivity index (χ0v) is 16.2. The molecule has 0 spiro atoms. The topological polar surface area (TPSA) is 85.9 Å². The van der Waals surface area contributed by atoms with Crippen LogP contribution in [0.5, 0.6) is 11.5 Å². The van der Waals surface area contributed by atoms with E-state index in [-0.39, 0.29) is 6.03 Å². The smallest absolute Gasteiger partial charge is 0.338 e. The van der Waals surface area contributed by atoms with Gasteiger partial charge in [-0.3, -0.25) is 0 Å². The van der Waals surface area contributed by atoms with Crippen LogP contribution in [0.15, 0.2) is 29.5 Å². The molecule has 1 aliphatic rings. The summed E-state index contributed by atoms with van der Waals surface area (Å²) >= 11 is 1.59. The van der Waals surface area contributed by atoms with E-state index in [0.29, 0.717) is 47.3 Å². The third-order valence-corrected chi connectivity index (χ3v) is 4.41. The molecule has 1 heterocycles. The highest BCUT2D eigenvalue weighted by atomic mass is 32.2. The zero-order chi connectivity index (χ0) is 19.1. The molecule has 26 heavy (non-hydrogen) atoms. The summed E-state index contributed by atoms with van der Waals surface area (Å²) in [6.07, 6.45) is 1.94. The average molecular weight is 380 g/mol. The van der Waals surface area contributed by atoms with Crippen molar-refractivity contribution in [1.82, 2.24) is 10.6 Å². The molecule has 0 fully saturated rings. The van der Waals surface area contributed by atoms with Crippen molar-refractivity contribution in [3.05, 3.63) is 35.0 Å². The number of ether oxygens (including phenoxy) is 3. The Hall–Kier alpha value is -2.35. The van der Waals surface area contributed by atoms with E-state index in [4.69, 9.17) is 14.2 Å². The lowest BCUT2D eigenvalue weighted by molar-refractivity contribution is -0.138. The van der Waals surface area contributed by atoms with Crippen molar-refractivity contribution < 1.29 is 23.8 Å². The summed E-state index contributed by atoms with van der Waals surface area (Å²) in [4.78, 5) is 24.5. The van der Waals surface area contributed by atoms with Crippen molar-refractivity contribution in [2.24, 2.45) is 0 Å². The molecule has 1 aliphatic heterocycles. The van der Waals surface area contributed by atoms with E-state index < -0.39 is 12.0 Å². The molecule has 0 saturated carbocycles. The first-order chi connectivity index (χ1) is 12.5. The minimum Gasteiger partial charge on any atom is -0.493 e. The molecule has 1 unspecified atom stereocenters. The molecule has 142 valence electrons. The molecule has 0 radical (unpaired) electrons. The van der Waals surface area contributed by atoms with Gasteiger partial charge in [-0.15, -0.1) is 0 Å². The van der Waals surface area contributed by atoms with Crippen LogP contribution in [0, 0.1) is 0 Å². The van der Waals surface area contributed by atoms with Gasteiger partial charge >= 0.3 is 12.0 Å². The third kappa shape index (κ3) is 4.63. The number of rotatable bonds is 8. The second-order valence-corrected chi connectivity index (χ2v) is 6.53. The quantitative estimate of drug-likeness (QED) is 0.533. The van der Waals surface area contributed by atoms with Gasteiger partial charge in [-0.25, -0.2) is 9.59 Å². The Morgan fingerprint density at radius 2 is 2.08 bits per heavy atom. The Morgan fingerprint density at radius 3 is 2.73 bits per heavy atom. The number of thioether (sulfide) groups is 1. The highest BCUT2D eigenvalue weighted by molar-refractivity contribution is 7.98. The van der Waals surface area contributed by atoms with Crippen LogP contribution in [0.1, 0.15) is 25.5 Å². The van der Waals surface area contributed by atoms with Gasteiger partial charge in [0.05, 0.1) is 25.3 Å². The summed E-state index contributed by atoms with van der Waals surface area (Å²) in [6, 6.07) is 4.31. The molecule has 7 nitrogen and oxygen atoms in total. The molecule has 2 rings (SSSR count). The molecule has 0 aliphatic carbocycles. The molecular weight excluding hydrogens is 356 g/mol. The normalized spacial score (nSPS) is 16.6. The van der Waals surface area contributed by atoms with E-state index >= 15 is 0 Å². The van der Waals surface area contributed by atoms with E-state index in [9.17, 15) is 9.59 Å². The van der Waals surface area contributed by atoms with Gasteiger partial charge in [-0.1, -0.05) is 6.07 Å². The van der Waals surface area contributed by atoms with Gasteiger partial charge in [0.2, 0.25) is 0 Å². The fourth-order valence-corrected chi connectivity index (χ4v) is 2.90. The standard InChI is InChI=1S/C18H24N2O5S/c1-5-24-13-7-6-12(10-14(13)23-3)16-15(11(2)19-18(22)20-16)17(21)25-8-9-26-4/h6-7,10,16H,5,8-9H2,1-4H3,(H2,19,20,22). The van der Waals surface area contributed by atoms with Crippen LogP contribution < -0.4 is 20.1 Å². The number of methoxy groups -OCH3 is 1. The van der Waals surface area contributed by atoms with Crippen LogP contribution in [-0.2, 0) is 9.53 Å². The number of nitrogens with one attached hydrogen (secondary N) is 2. The largest absolute Gasteiger partial charge is 0.493 e. The summed E-state index contributed by atoms with van der Waals surface area (Å²) in [5.74, 6) is 1.38. The number of esters is 1. The molecule has 1 aromatic rings. The number of benzene rings is 1. The van der Waals surface area contributed by atoms with Gasteiger partial charge in [-0.05, 0) is 37.8 Å². The van der Waals surface area contributed by atoms with Crippen LogP contribution >= 0.6 is 11.8 Å². The minimum absolute atomic E-state index is 0.310. The Balaban J connectivity index is 2.36. The van der Waals surface area contributed by atoms with Crippen LogP contribution in [0.25, 0.3) is 0 Å². The SMILES string of the molecule is CCOc1ccc(C2NC(=O)NC(C)=C2C(=O)OCCSC)cc1OC. The number of hydrogen-bond donors (Lipinski definition) is 2. The van der Waals surface area contributed by atoms with Crippen LogP contribution in [0.3, 0.4) is 0 Å². The van der Waals surface area contributed by atoms with Crippen molar-refractivity contribution in [1.29, 1.82) is 0 Å². The van der Waals surface area contributed by atoms with Gasteiger partial charge in [0.1, 0.15) is 6.61 Å². The summed E-state index contributed by atoms with van der Waals surface area (Å²) < 4.78 is 16.2. The monoisotopic (exact) mass is 380 g/mol. The second kappa shape index (κ2) is 9.38. The van der Waals surface area contributed by atoms with E-state index in [2.05, 4.69) is 10.6 Å². The fraction of sp³-hybridized carbons (Fsp3) is 0.444. The maximum atomic E-state index is 12.6. The Kier molecular flexibility index (Phi) is 7.20. The number of allylic oxidation sites excluding steroid dienone is 1. The molecule has 2 N–H and O–H groups in total. The molecule has 1 aromatic carbocycles. The highest BCUT2D eigenvalue weighted by Crippen LogP contribution is 2.34. The maximum absolute atomic E-state index is 12.6. The van der Waals surface area contributed by atoms with Crippen molar-refractivity contribution in [2.75, 3.05) is 32.3 Å². The Bertz CT molecular complexity index is 705. The molecule has 0 saturated heterocycles. The summed E-state index contributed by atoms with van der Waals surface area (Å²) in [7, 11) is 1.54. The number of hydrogen-bond acceptors (Lipinski definition) is 6. The first kappa shape index (κ1) is 20.0. The van der Waals surface area contributed by atoms with Crippen molar-refractivity contribution in [3.8, 4) is 11.5 Å². The van der Waals surface area contributed by atoms with Gasteiger partial charge in [-0.2, -0.15) is 11.8 Å². The molecule has 8 heteroatoms. The minimum atomic E-state index is -0.630. The first-order valence-corrected chi connectivity index (χ1v) is 9.66. The molecule has 2 amide bonds. The lowest BCUT2D eigenvalue weighted by Crippen LogP contribution is -2.45. The van der Waals surface area contributed by atoms with Crippen LogP contribution in [-0.4, -0.2) is 44.3 Å². The summed E-state index contributed by atoms with van der Waals surface area (Å²) in [5.41, 5.74) is 1.55. The lowest BCUT2D eigenvalue weighted by atomic mass is 9.95. The average Bonchev–Trinajstić information content (AvgIpc) is 2.61. The van der Waals surface area contributed by atoms with Crippen molar-refractivity contribution >= 4 is 23.8 Å². The van der Waals surface area contributed by atoms with Crippen LogP contribution in [0.2, 0.25) is 0 Å². The Morgan fingerprint density at radius 1 is 1.31 bits per heavy atom. The number of carbonyl (C=O) groups excluding carboxylic acids is 2. The Labute approximate surface area is 157 Å². The zero-order valence-electron chi connectivity index (χ0n) is 15.4. The predicted octanol–water partition coefficient (Wildman–Crippen LogP) is 2.63. The van der Waals surface area contributed by atoms with Gasteiger partial charge in [0.25, 0.3) is 0 Å². The van der Waals surface area contributed by atoms with E-state index in [1.807, 2.05) is 13.2 Å². The van der Waals surface area contributed by atoms with Gasteiger partial charge in [0, 0.05) is 11.4 Å². The lowest BCUT2D eigenvalue weighted by Gasteiger charge is -2.28. The molecule has 0 aromatic heterocycles. The predicted molar refractivity (Wildman–Crippen MR) is 101 cm³/mol. The van der Waals surface area contributed by atoms with Crippen molar-refractivity contribution in [3.63, 3.8) is 0 Å². The third-order valence-electron chi connectivity index (χ3n) is 3.83. The van der Waals surface area contributed by atoms with Crippen LogP contribution in [0.4, 0.5) is 4.79 Å². The van der Waals surface area contributed by atoms with Crippen molar-refractivity contribution in [2.45, 2.75) is 19.9 Å². The van der Waals surface area contributed by atoms with Gasteiger partial charge < -0.3 is 24.8 Å². The number of urea groups is 1. The number of carbonyl (C=O) groups is 2. The van der Waals surface area contributed by atoms with E-state index in [0.717, 1.165) is 0 Å². The first-order valence-electron chi connectivity index (χ1n) is 8.26. The molecule has 0 bridgehead atoms. The fourth-order valence-electron chi connectivity index (χ4n) is 2.65. The summed E-state index contributed by atoms with van der Waals surface area (Å²) in [5, 5.41) is 5.41. The maximum Gasteiger partial charge on any atom is 0.338 e. The van der Waals surface area contributed by atoms with E-state index in [1.54, 1.807) is 44.0 Å². The molecule has 1 atom stereocenters. The second-order valence-electron chi connectivity index (χ2n) is 5.54.